The maximum Gasteiger partial charge on any atom is 0.198 e. The van der Waals surface area contributed by atoms with Gasteiger partial charge in [0.1, 0.15) is 0 Å². The Labute approximate surface area is 88.6 Å². The summed E-state index contributed by atoms with van der Waals surface area (Å²) in [6, 6.07) is 0. The first-order chi connectivity index (χ1) is 6.81. The van der Waals surface area contributed by atoms with Crippen LogP contribution < -0.4 is 0 Å². The van der Waals surface area contributed by atoms with Crippen LogP contribution in [-0.2, 0) is 4.79 Å². The predicted octanol–water partition coefficient (Wildman–Crippen LogP) is 4.04. The van der Waals surface area contributed by atoms with Gasteiger partial charge in [-0.2, -0.15) is 0 Å². The SMILES string of the molecule is CCC/C=C/CCCC(C)CC[C]=O. The van der Waals surface area contributed by atoms with Crippen LogP contribution in [0.25, 0.3) is 0 Å². The van der Waals surface area contributed by atoms with E-state index in [4.69, 9.17) is 0 Å². The van der Waals surface area contributed by atoms with Gasteiger partial charge in [0.15, 0.2) is 6.29 Å². The molecule has 0 aliphatic heterocycles. The average molecular weight is 195 g/mol. The molecule has 0 aliphatic carbocycles. The molecule has 1 radical (unpaired) electrons. The van der Waals surface area contributed by atoms with E-state index in [2.05, 4.69) is 26.0 Å². The van der Waals surface area contributed by atoms with Crippen LogP contribution in [0.4, 0.5) is 0 Å². The Hall–Kier alpha value is -0.590. The van der Waals surface area contributed by atoms with E-state index in [1.807, 2.05) is 6.29 Å². The molecule has 0 saturated heterocycles. The summed E-state index contributed by atoms with van der Waals surface area (Å²) < 4.78 is 0. The Morgan fingerprint density at radius 2 is 1.93 bits per heavy atom. The maximum atomic E-state index is 10.0. The Balaban J connectivity index is 3.21. The van der Waals surface area contributed by atoms with Crippen LogP contribution in [0, 0.1) is 5.92 Å². The van der Waals surface area contributed by atoms with Gasteiger partial charge in [0.25, 0.3) is 0 Å². The van der Waals surface area contributed by atoms with Gasteiger partial charge in [0.05, 0.1) is 0 Å². The molecule has 0 fully saturated rings. The van der Waals surface area contributed by atoms with Crippen LogP contribution in [-0.4, -0.2) is 6.29 Å². The topological polar surface area (TPSA) is 17.1 Å². The van der Waals surface area contributed by atoms with Crippen molar-refractivity contribution in [3.63, 3.8) is 0 Å². The number of hydrogen-bond donors (Lipinski definition) is 0. The van der Waals surface area contributed by atoms with Crippen molar-refractivity contribution in [1.82, 2.24) is 0 Å². The Kier molecular flexibility index (Phi) is 10.0. The van der Waals surface area contributed by atoms with Gasteiger partial charge in [-0.25, -0.2) is 0 Å². The van der Waals surface area contributed by atoms with Crippen LogP contribution >= 0.6 is 0 Å². The molecule has 14 heavy (non-hydrogen) atoms. The lowest BCUT2D eigenvalue weighted by Gasteiger charge is -2.06. The van der Waals surface area contributed by atoms with Crippen LogP contribution in [0.3, 0.4) is 0 Å². The van der Waals surface area contributed by atoms with Crippen molar-refractivity contribution in [2.75, 3.05) is 0 Å². The summed E-state index contributed by atoms with van der Waals surface area (Å²) in [4.78, 5) is 10.0. The lowest BCUT2D eigenvalue weighted by atomic mass is 9.99. The van der Waals surface area contributed by atoms with Gasteiger partial charge < -0.3 is 0 Å². The molecule has 1 nitrogen and oxygen atoms in total. The molecule has 0 N–H and O–H groups in total. The van der Waals surface area contributed by atoms with E-state index < -0.39 is 0 Å². The molecule has 0 aromatic carbocycles. The second-order valence-electron chi connectivity index (χ2n) is 3.98. The molecular formula is C13H23O. The van der Waals surface area contributed by atoms with Crippen molar-refractivity contribution in [3.05, 3.63) is 12.2 Å². The van der Waals surface area contributed by atoms with Crippen LogP contribution in [0.5, 0.6) is 0 Å². The minimum Gasteiger partial charge on any atom is -0.291 e. The predicted molar refractivity (Wildman–Crippen MR) is 62.0 cm³/mol. The summed E-state index contributed by atoms with van der Waals surface area (Å²) in [7, 11) is 0. The Bertz CT molecular complexity index is 149. The first-order valence-electron chi connectivity index (χ1n) is 5.81. The molecule has 0 aliphatic rings. The third kappa shape index (κ3) is 9.50. The lowest BCUT2D eigenvalue weighted by molar-refractivity contribution is 0.474. The summed E-state index contributed by atoms with van der Waals surface area (Å²) in [6.07, 6.45) is 14.2. The molecule has 0 amide bonds. The van der Waals surface area contributed by atoms with Gasteiger partial charge in [0, 0.05) is 6.42 Å². The van der Waals surface area contributed by atoms with Crippen LogP contribution in [0.15, 0.2) is 12.2 Å². The number of hydrogen-bond acceptors (Lipinski definition) is 1. The molecule has 0 bridgehead atoms. The minimum atomic E-state index is 0.604. The highest BCUT2D eigenvalue weighted by Gasteiger charge is 2.00. The van der Waals surface area contributed by atoms with Crippen molar-refractivity contribution < 1.29 is 4.79 Å². The standard InChI is InChI=1S/C13H23O/c1-3-4-5-6-7-8-10-13(2)11-9-12-14/h5-6,13H,3-4,7-11H2,1-2H3/b6-5+. The Morgan fingerprint density at radius 3 is 2.57 bits per heavy atom. The van der Waals surface area contributed by atoms with Crippen molar-refractivity contribution >= 4 is 6.29 Å². The molecule has 0 aromatic heterocycles. The maximum absolute atomic E-state index is 10.0. The molecule has 0 heterocycles. The molecule has 0 aromatic rings. The number of rotatable bonds is 9. The van der Waals surface area contributed by atoms with E-state index in [0.29, 0.717) is 12.3 Å². The van der Waals surface area contributed by atoms with Crippen molar-refractivity contribution in [2.45, 2.75) is 58.8 Å². The van der Waals surface area contributed by atoms with Gasteiger partial charge in [-0.1, -0.05) is 38.8 Å². The zero-order chi connectivity index (χ0) is 10.6. The quantitative estimate of drug-likeness (QED) is 0.401. The summed E-state index contributed by atoms with van der Waals surface area (Å²) in [5.74, 6) is 0.677. The van der Waals surface area contributed by atoms with Gasteiger partial charge >= 0.3 is 0 Å². The van der Waals surface area contributed by atoms with Gasteiger partial charge in [-0.3, -0.25) is 4.79 Å². The summed E-state index contributed by atoms with van der Waals surface area (Å²) in [6.45, 7) is 4.41. The normalized spacial score (nSPS) is 13.3. The van der Waals surface area contributed by atoms with E-state index >= 15 is 0 Å². The Morgan fingerprint density at radius 1 is 1.21 bits per heavy atom. The third-order valence-corrected chi connectivity index (χ3v) is 2.43. The molecule has 0 rings (SSSR count). The molecule has 1 heteroatoms. The first-order valence-corrected chi connectivity index (χ1v) is 5.81. The second-order valence-corrected chi connectivity index (χ2v) is 3.98. The van der Waals surface area contributed by atoms with Crippen molar-refractivity contribution in [1.29, 1.82) is 0 Å². The van der Waals surface area contributed by atoms with Crippen LogP contribution in [0.2, 0.25) is 0 Å². The first kappa shape index (κ1) is 13.4. The van der Waals surface area contributed by atoms with E-state index in [9.17, 15) is 4.79 Å². The third-order valence-electron chi connectivity index (χ3n) is 2.43. The number of unbranched alkanes of at least 4 members (excludes halogenated alkanes) is 2. The fraction of sp³-hybridized carbons (Fsp3) is 0.769. The van der Waals surface area contributed by atoms with E-state index in [-0.39, 0.29) is 0 Å². The number of allylic oxidation sites excluding steroid dienone is 2. The zero-order valence-electron chi connectivity index (χ0n) is 9.59. The molecule has 1 atom stereocenters. The van der Waals surface area contributed by atoms with Crippen LogP contribution in [0.1, 0.15) is 58.8 Å². The molecule has 0 saturated carbocycles. The van der Waals surface area contributed by atoms with Gasteiger partial charge in [-0.05, 0) is 31.6 Å². The highest BCUT2D eigenvalue weighted by Crippen LogP contribution is 2.13. The second kappa shape index (κ2) is 10.5. The van der Waals surface area contributed by atoms with Crippen molar-refractivity contribution in [3.8, 4) is 0 Å². The van der Waals surface area contributed by atoms with E-state index in [1.165, 1.54) is 32.1 Å². The van der Waals surface area contributed by atoms with E-state index in [0.717, 1.165) is 6.42 Å². The van der Waals surface area contributed by atoms with Crippen molar-refractivity contribution in [2.24, 2.45) is 5.92 Å². The lowest BCUT2D eigenvalue weighted by Crippen LogP contribution is -1.94. The number of carbonyl (C=O) groups excluding carboxylic acids is 1. The van der Waals surface area contributed by atoms with E-state index in [1.54, 1.807) is 0 Å². The fourth-order valence-corrected chi connectivity index (χ4v) is 1.44. The highest BCUT2D eigenvalue weighted by molar-refractivity contribution is 5.50. The minimum absolute atomic E-state index is 0.604. The highest BCUT2D eigenvalue weighted by atomic mass is 16.1. The summed E-state index contributed by atoms with van der Waals surface area (Å²) in [5, 5.41) is 0. The molecule has 1 unspecified atom stereocenters. The smallest absolute Gasteiger partial charge is 0.198 e. The zero-order valence-corrected chi connectivity index (χ0v) is 9.59. The van der Waals surface area contributed by atoms with Gasteiger partial charge in [0.2, 0.25) is 0 Å². The fourth-order valence-electron chi connectivity index (χ4n) is 1.44. The average Bonchev–Trinajstić information content (AvgIpc) is 2.20. The summed E-state index contributed by atoms with van der Waals surface area (Å²) in [5.41, 5.74) is 0. The molecule has 81 valence electrons. The molecular weight excluding hydrogens is 172 g/mol. The van der Waals surface area contributed by atoms with Gasteiger partial charge in [-0.15, -0.1) is 0 Å². The molecule has 0 spiro atoms. The summed E-state index contributed by atoms with van der Waals surface area (Å²) >= 11 is 0. The largest absolute Gasteiger partial charge is 0.291 e. The monoisotopic (exact) mass is 195 g/mol.